The minimum Gasteiger partial charge on any atom is -0.490 e. The molecule has 0 saturated heterocycles. The molecule has 172 valence electrons. The van der Waals surface area contributed by atoms with Crippen molar-refractivity contribution in [1.29, 1.82) is 0 Å². The van der Waals surface area contributed by atoms with Crippen LogP contribution in [0.25, 0.3) is 0 Å². The molecule has 1 atom stereocenters. The van der Waals surface area contributed by atoms with Crippen molar-refractivity contribution >= 4 is 17.6 Å². The maximum absolute atomic E-state index is 12.4. The van der Waals surface area contributed by atoms with Crippen molar-refractivity contribution < 1.29 is 28.9 Å². The number of rotatable bonds is 10. The first-order valence-corrected chi connectivity index (χ1v) is 10.5. The lowest BCUT2D eigenvalue weighted by Gasteiger charge is -2.27. The van der Waals surface area contributed by atoms with E-state index in [1.54, 1.807) is 12.1 Å². The second kappa shape index (κ2) is 11.0. The number of amides is 1. The summed E-state index contributed by atoms with van der Waals surface area (Å²) in [4.78, 5) is 25.2. The molecular weight excluding hydrogens is 422 g/mol. The van der Waals surface area contributed by atoms with Gasteiger partial charge in [-0.15, -0.1) is 0 Å². The lowest BCUT2D eigenvalue weighted by molar-refractivity contribution is -0.139. The molecule has 0 fully saturated rings. The molecule has 7 nitrogen and oxygen atoms in total. The van der Waals surface area contributed by atoms with E-state index in [-0.39, 0.29) is 13.2 Å². The Labute approximate surface area is 193 Å². The second-order valence-corrected chi connectivity index (χ2v) is 7.43. The third kappa shape index (κ3) is 6.04. The fourth-order valence-electron chi connectivity index (χ4n) is 3.38. The van der Waals surface area contributed by atoms with Crippen molar-refractivity contribution in [2.45, 2.75) is 33.1 Å². The number of carbonyl (C=O) groups is 2. The highest BCUT2D eigenvalue weighted by Gasteiger charge is 2.27. The van der Waals surface area contributed by atoms with E-state index in [2.05, 4.69) is 0 Å². The zero-order valence-electron chi connectivity index (χ0n) is 18.9. The van der Waals surface area contributed by atoms with Crippen molar-refractivity contribution in [2.75, 3.05) is 12.0 Å². The average Bonchev–Trinajstić information content (AvgIpc) is 2.82. The molecule has 0 aliphatic rings. The van der Waals surface area contributed by atoms with Crippen LogP contribution in [0.1, 0.15) is 25.0 Å². The van der Waals surface area contributed by atoms with E-state index in [1.807, 2.05) is 60.7 Å². The predicted molar refractivity (Wildman–Crippen MR) is 125 cm³/mol. The summed E-state index contributed by atoms with van der Waals surface area (Å²) in [7, 11) is 1.50. The van der Waals surface area contributed by atoms with Crippen molar-refractivity contribution in [3.8, 4) is 17.2 Å². The van der Waals surface area contributed by atoms with Gasteiger partial charge in [-0.2, -0.15) is 0 Å². The maximum atomic E-state index is 12.4. The molecule has 3 aromatic rings. The van der Waals surface area contributed by atoms with E-state index < -0.39 is 17.9 Å². The molecule has 0 bridgehead atoms. The Balaban J connectivity index is 2.02. The smallest absolute Gasteiger partial charge is 0.326 e. The molecule has 1 unspecified atom stereocenters. The third-order valence-corrected chi connectivity index (χ3v) is 5.05. The number of carboxylic acid groups (broad SMARTS) is 1. The van der Waals surface area contributed by atoms with Crippen LogP contribution in [0.4, 0.5) is 5.69 Å². The fourth-order valence-corrected chi connectivity index (χ4v) is 3.38. The monoisotopic (exact) mass is 449 g/mol. The topological polar surface area (TPSA) is 85.3 Å². The summed E-state index contributed by atoms with van der Waals surface area (Å²) in [6.07, 6.45) is 0. The lowest BCUT2D eigenvalue weighted by atomic mass is 10.1. The summed E-state index contributed by atoms with van der Waals surface area (Å²) in [5, 5.41) is 9.52. The van der Waals surface area contributed by atoms with Crippen LogP contribution in [-0.2, 0) is 22.8 Å². The molecule has 0 radical (unpaired) electrons. The summed E-state index contributed by atoms with van der Waals surface area (Å²) < 4.78 is 17.6. The number of carbonyl (C=O) groups excluding carboxylic acids is 1. The van der Waals surface area contributed by atoms with Crippen molar-refractivity contribution in [1.82, 2.24) is 0 Å². The van der Waals surface area contributed by atoms with E-state index in [0.29, 0.717) is 22.9 Å². The van der Waals surface area contributed by atoms with Crippen molar-refractivity contribution in [3.05, 3.63) is 83.9 Å². The van der Waals surface area contributed by atoms with E-state index in [1.165, 1.54) is 25.9 Å². The Hall–Kier alpha value is -4.00. The summed E-state index contributed by atoms with van der Waals surface area (Å²) in [6, 6.07) is 21.3. The van der Waals surface area contributed by atoms with Gasteiger partial charge in [0.05, 0.1) is 12.8 Å². The van der Waals surface area contributed by atoms with E-state index >= 15 is 0 Å². The highest BCUT2D eigenvalue weighted by Crippen LogP contribution is 2.42. The van der Waals surface area contributed by atoms with Crippen LogP contribution in [0, 0.1) is 0 Å². The molecule has 3 rings (SSSR count). The number of hydrogen-bond donors (Lipinski definition) is 1. The van der Waals surface area contributed by atoms with Crippen LogP contribution in [0.3, 0.4) is 0 Å². The fraction of sp³-hybridized carbons (Fsp3) is 0.231. The number of methoxy groups -OCH3 is 1. The normalized spacial score (nSPS) is 11.4. The molecule has 0 aliphatic carbocycles. The number of hydrogen-bond acceptors (Lipinski definition) is 5. The molecule has 0 saturated carbocycles. The summed E-state index contributed by atoms with van der Waals surface area (Å²) in [5.41, 5.74) is 2.22. The van der Waals surface area contributed by atoms with Gasteiger partial charge in [-0.1, -0.05) is 60.7 Å². The third-order valence-electron chi connectivity index (χ3n) is 5.05. The predicted octanol–water partition coefficient (Wildman–Crippen LogP) is 4.68. The van der Waals surface area contributed by atoms with Gasteiger partial charge in [0, 0.05) is 19.1 Å². The first-order chi connectivity index (χ1) is 15.9. The van der Waals surface area contributed by atoms with Crippen molar-refractivity contribution in [2.24, 2.45) is 0 Å². The largest absolute Gasteiger partial charge is 0.490 e. The van der Waals surface area contributed by atoms with Gasteiger partial charge in [-0.3, -0.25) is 9.69 Å². The van der Waals surface area contributed by atoms with Gasteiger partial charge in [-0.05, 0) is 18.1 Å². The SMILES string of the molecule is COc1c(OCc2ccccc2)cc(N(C(C)=O)C(C)C(=O)O)cc1OCc1ccccc1. The Kier molecular flexibility index (Phi) is 7.91. The van der Waals surface area contributed by atoms with E-state index in [9.17, 15) is 14.7 Å². The molecule has 0 aromatic heterocycles. The molecule has 3 aromatic carbocycles. The summed E-state index contributed by atoms with van der Waals surface area (Å²) in [5.74, 6) is -0.508. The minimum atomic E-state index is -1.13. The number of aliphatic carboxylic acids is 1. The first kappa shape index (κ1) is 23.7. The quantitative estimate of drug-likeness (QED) is 0.484. The van der Waals surface area contributed by atoms with Gasteiger partial charge < -0.3 is 19.3 Å². The maximum Gasteiger partial charge on any atom is 0.326 e. The molecule has 0 aliphatic heterocycles. The molecule has 0 heterocycles. The molecule has 1 N–H and O–H groups in total. The Morgan fingerprint density at radius 2 is 1.33 bits per heavy atom. The van der Waals surface area contributed by atoms with Crippen molar-refractivity contribution in [3.63, 3.8) is 0 Å². The summed E-state index contributed by atoms with van der Waals surface area (Å²) in [6.45, 7) is 3.28. The van der Waals surface area contributed by atoms with Crippen LogP contribution < -0.4 is 19.1 Å². The Bertz CT molecular complexity index is 1020. The molecule has 1 amide bonds. The second-order valence-electron chi connectivity index (χ2n) is 7.43. The molecular formula is C26H27NO6. The minimum absolute atomic E-state index is 0.257. The van der Waals surface area contributed by atoms with Gasteiger partial charge >= 0.3 is 5.97 Å². The van der Waals surface area contributed by atoms with Crippen LogP contribution in [0.5, 0.6) is 17.2 Å². The number of anilines is 1. The number of ether oxygens (including phenoxy) is 3. The number of carboxylic acids is 1. The van der Waals surface area contributed by atoms with Gasteiger partial charge in [0.2, 0.25) is 11.7 Å². The Morgan fingerprint density at radius 1 is 0.879 bits per heavy atom. The van der Waals surface area contributed by atoms with Gasteiger partial charge in [-0.25, -0.2) is 4.79 Å². The summed E-state index contributed by atoms with van der Waals surface area (Å²) >= 11 is 0. The van der Waals surface area contributed by atoms with Gasteiger partial charge in [0.15, 0.2) is 11.5 Å². The average molecular weight is 450 g/mol. The highest BCUT2D eigenvalue weighted by atomic mass is 16.5. The van der Waals surface area contributed by atoms with Crippen LogP contribution in [0.15, 0.2) is 72.8 Å². The first-order valence-electron chi connectivity index (χ1n) is 10.5. The molecule has 33 heavy (non-hydrogen) atoms. The molecule has 7 heteroatoms. The van der Waals surface area contributed by atoms with E-state index in [0.717, 1.165) is 11.1 Å². The standard InChI is InChI=1S/C26H27NO6/c1-18(26(29)30)27(19(2)28)22-14-23(32-16-20-10-6-4-7-11-20)25(31-3)24(15-22)33-17-21-12-8-5-9-13-21/h4-15,18H,16-17H2,1-3H3,(H,29,30). The Morgan fingerprint density at radius 3 is 1.70 bits per heavy atom. The van der Waals surface area contributed by atoms with E-state index in [4.69, 9.17) is 14.2 Å². The zero-order chi connectivity index (χ0) is 23.8. The highest BCUT2D eigenvalue weighted by molar-refractivity contribution is 5.98. The lowest BCUT2D eigenvalue weighted by Crippen LogP contribution is -2.42. The number of benzene rings is 3. The number of nitrogens with zero attached hydrogens (tertiary/aromatic N) is 1. The van der Waals surface area contributed by atoms with Gasteiger partial charge in [0.25, 0.3) is 0 Å². The van der Waals surface area contributed by atoms with Gasteiger partial charge in [0.1, 0.15) is 19.3 Å². The molecule has 0 spiro atoms. The van der Waals surface area contributed by atoms with Crippen LogP contribution in [0.2, 0.25) is 0 Å². The van der Waals surface area contributed by atoms with Crippen LogP contribution >= 0.6 is 0 Å². The zero-order valence-corrected chi connectivity index (χ0v) is 18.9. The van der Waals surface area contributed by atoms with Crippen LogP contribution in [-0.4, -0.2) is 30.1 Å².